The van der Waals surface area contributed by atoms with Crippen molar-refractivity contribution < 1.29 is 4.74 Å². The average molecular weight is 305 g/mol. The van der Waals surface area contributed by atoms with Crippen LogP contribution in [-0.2, 0) is 20.0 Å². The summed E-state index contributed by atoms with van der Waals surface area (Å²) in [5, 5.41) is 4.44. The molecule has 0 amide bonds. The maximum Gasteiger partial charge on any atom is 0.121 e. The normalized spacial score (nSPS) is 11.2. The first-order valence-electron chi connectivity index (χ1n) is 6.79. The zero-order chi connectivity index (χ0) is 14.8. The molecule has 2 heterocycles. The smallest absolute Gasteiger partial charge is 0.121 e. The standard InChI is InChI=1S/C15H17ClN4O/c1-19-8-6-11(18-19)10-20-14-9-12(21-2)3-4-13(14)17-15(20)5-7-16/h3-4,6,8-9H,5,7,10H2,1-2H3. The van der Waals surface area contributed by atoms with Crippen molar-refractivity contribution in [2.75, 3.05) is 13.0 Å². The van der Waals surface area contributed by atoms with Gasteiger partial charge in [0.05, 0.1) is 30.4 Å². The Hall–Kier alpha value is -2.01. The Kier molecular flexibility index (Phi) is 3.84. The molecule has 0 fully saturated rings. The number of nitrogens with zero attached hydrogens (tertiary/aromatic N) is 4. The van der Waals surface area contributed by atoms with Crippen LogP contribution in [0, 0.1) is 0 Å². The van der Waals surface area contributed by atoms with E-state index in [0.717, 1.165) is 34.7 Å². The highest BCUT2D eigenvalue weighted by Crippen LogP contribution is 2.23. The topological polar surface area (TPSA) is 44.9 Å². The Labute approximate surface area is 128 Å². The second-order valence-electron chi connectivity index (χ2n) is 4.89. The number of fused-ring (bicyclic) bond motifs is 1. The van der Waals surface area contributed by atoms with E-state index in [-0.39, 0.29) is 0 Å². The lowest BCUT2D eigenvalue weighted by atomic mass is 10.3. The molecule has 0 saturated carbocycles. The average Bonchev–Trinajstić information content (AvgIpc) is 3.04. The van der Waals surface area contributed by atoms with Gasteiger partial charge < -0.3 is 9.30 Å². The number of alkyl halides is 1. The second kappa shape index (κ2) is 5.77. The first-order valence-corrected chi connectivity index (χ1v) is 7.32. The number of ether oxygens (including phenoxy) is 1. The number of aryl methyl sites for hydroxylation is 2. The summed E-state index contributed by atoms with van der Waals surface area (Å²) in [6.07, 6.45) is 2.67. The Morgan fingerprint density at radius 3 is 2.81 bits per heavy atom. The minimum atomic E-state index is 0.544. The van der Waals surface area contributed by atoms with Crippen molar-refractivity contribution in [1.82, 2.24) is 19.3 Å². The van der Waals surface area contributed by atoms with Crippen molar-refractivity contribution in [2.45, 2.75) is 13.0 Å². The van der Waals surface area contributed by atoms with Gasteiger partial charge >= 0.3 is 0 Å². The molecule has 2 aromatic heterocycles. The van der Waals surface area contributed by atoms with Gasteiger partial charge in [0.15, 0.2) is 0 Å². The minimum absolute atomic E-state index is 0.544. The second-order valence-corrected chi connectivity index (χ2v) is 5.27. The number of imidazole rings is 1. The molecule has 0 aliphatic heterocycles. The van der Waals surface area contributed by atoms with Gasteiger partial charge in [0.1, 0.15) is 11.6 Å². The van der Waals surface area contributed by atoms with E-state index in [1.807, 2.05) is 37.5 Å². The van der Waals surface area contributed by atoms with E-state index in [4.69, 9.17) is 16.3 Å². The van der Waals surface area contributed by atoms with Crippen LogP contribution in [0.1, 0.15) is 11.5 Å². The maximum absolute atomic E-state index is 5.90. The molecule has 3 rings (SSSR count). The summed E-state index contributed by atoms with van der Waals surface area (Å²) in [7, 11) is 3.58. The SMILES string of the molecule is COc1ccc2nc(CCCl)n(Cc3ccn(C)n3)c2c1. The van der Waals surface area contributed by atoms with Crippen LogP contribution in [0.3, 0.4) is 0 Å². The predicted molar refractivity (Wildman–Crippen MR) is 83.0 cm³/mol. The van der Waals surface area contributed by atoms with Gasteiger partial charge in [-0.25, -0.2) is 4.98 Å². The number of rotatable bonds is 5. The number of halogens is 1. The quantitative estimate of drug-likeness (QED) is 0.681. The molecular formula is C15H17ClN4O. The van der Waals surface area contributed by atoms with Gasteiger partial charge in [-0.15, -0.1) is 11.6 Å². The molecule has 110 valence electrons. The number of aromatic nitrogens is 4. The fourth-order valence-corrected chi connectivity index (χ4v) is 2.61. The molecule has 21 heavy (non-hydrogen) atoms. The monoisotopic (exact) mass is 304 g/mol. The number of benzene rings is 1. The van der Waals surface area contributed by atoms with Crippen LogP contribution in [-0.4, -0.2) is 32.3 Å². The third-order valence-electron chi connectivity index (χ3n) is 3.44. The molecule has 0 saturated heterocycles. The largest absolute Gasteiger partial charge is 0.497 e. The van der Waals surface area contributed by atoms with Crippen LogP contribution in [0.5, 0.6) is 5.75 Å². The van der Waals surface area contributed by atoms with Gasteiger partial charge in [-0.1, -0.05) is 0 Å². The van der Waals surface area contributed by atoms with E-state index in [1.165, 1.54) is 0 Å². The Bertz CT molecular complexity index is 762. The van der Waals surface area contributed by atoms with Crippen molar-refractivity contribution in [1.29, 1.82) is 0 Å². The molecule has 6 heteroatoms. The van der Waals surface area contributed by atoms with E-state index in [2.05, 4.69) is 14.6 Å². The van der Waals surface area contributed by atoms with Crippen LogP contribution in [0.15, 0.2) is 30.5 Å². The number of methoxy groups -OCH3 is 1. The maximum atomic E-state index is 5.90. The van der Waals surface area contributed by atoms with Crippen LogP contribution in [0.2, 0.25) is 0 Å². The summed E-state index contributed by atoms with van der Waals surface area (Å²) in [5.41, 5.74) is 2.99. The van der Waals surface area contributed by atoms with Crippen molar-refractivity contribution in [3.8, 4) is 5.75 Å². The molecule has 0 aliphatic rings. The molecular weight excluding hydrogens is 288 g/mol. The first kappa shape index (κ1) is 13.9. The van der Waals surface area contributed by atoms with Gasteiger partial charge in [-0.2, -0.15) is 5.10 Å². The highest BCUT2D eigenvalue weighted by molar-refractivity contribution is 6.17. The fraction of sp³-hybridized carbons (Fsp3) is 0.333. The van der Waals surface area contributed by atoms with Crippen molar-refractivity contribution >= 4 is 22.6 Å². The molecule has 0 unspecified atom stereocenters. The van der Waals surface area contributed by atoms with E-state index < -0.39 is 0 Å². The van der Waals surface area contributed by atoms with Crippen LogP contribution < -0.4 is 4.74 Å². The van der Waals surface area contributed by atoms with Gasteiger partial charge in [0, 0.05) is 31.6 Å². The van der Waals surface area contributed by atoms with Gasteiger partial charge in [-0.3, -0.25) is 4.68 Å². The molecule has 3 aromatic rings. The third-order valence-corrected chi connectivity index (χ3v) is 3.63. The van der Waals surface area contributed by atoms with Crippen LogP contribution in [0.4, 0.5) is 0 Å². The summed E-state index contributed by atoms with van der Waals surface area (Å²) in [4.78, 5) is 4.67. The molecule has 0 N–H and O–H groups in total. The lowest BCUT2D eigenvalue weighted by molar-refractivity contribution is 0.415. The Morgan fingerprint density at radius 1 is 1.29 bits per heavy atom. The molecule has 1 aromatic carbocycles. The molecule has 5 nitrogen and oxygen atoms in total. The third kappa shape index (κ3) is 2.74. The number of hydrogen-bond acceptors (Lipinski definition) is 3. The molecule has 0 aliphatic carbocycles. The minimum Gasteiger partial charge on any atom is -0.497 e. The first-order chi connectivity index (χ1) is 10.2. The zero-order valence-electron chi connectivity index (χ0n) is 12.1. The van der Waals surface area contributed by atoms with Crippen molar-refractivity contribution in [3.05, 3.63) is 42.0 Å². The van der Waals surface area contributed by atoms with E-state index in [0.29, 0.717) is 12.4 Å². The van der Waals surface area contributed by atoms with Gasteiger partial charge in [0.25, 0.3) is 0 Å². The van der Waals surface area contributed by atoms with Crippen molar-refractivity contribution in [3.63, 3.8) is 0 Å². The summed E-state index contributed by atoms with van der Waals surface area (Å²) in [6.45, 7) is 0.677. The summed E-state index contributed by atoms with van der Waals surface area (Å²) in [6, 6.07) is 7.91. The van der Waals surface area contributed by atoms with Gasteiger partial charge in [0.2, 0.25) is 0 Å². The highest BCUT2D eigenvalue weighted by atomic mass is 35.5. The Balaban J connectivity index is 2.09. The van der Waals surface area contributed by atoms with Gasteiger partial charge in [-0.05, 0) is 18.2 Å². The highest BCUT2D eigenvalue weighted by Gasteiger charge is 2.12. The van der Waals surface area contributed by atoms with E-state index in [9.17, 15) is 0 Å². The van der Waals surface area contributed by atoms with Crippen LogP contribution >= 0.6 is 11.6 Å². The summed E-state index contributed by atoms with van der Waals surface area (Å²) in [5.74, 6) is 2.34. The Morgan fingerprint density at radius 2 is 2.14 bits per heavy atom. The molecule has 0 atom stereocenters. The van der Waals surface area contributed by atoms with Crippen molar-refractivity contribution in [2.24, 2.45) is 7.05 Å². The van der Waals surface area contributed by atoms with Crippen LogP contribution in [0.25, 0.3) is 11.0 Å². The molecule has 0 spiro atoms. The molecule has 0 bridgehead atoms. The summed E-state index contributed by atoms with van der Waals surface area (Å²) >= 11 is 5.90. The zero-order valence-corrected chi connectivity index (χ0v) is 12.8. The number of hydrogen-bond donors (Lipinski definition) is 0. The summed E-state index contributed by atoms with van der Waals surface area (Å²) < 4.78 is 9.27. The molecule has 0 radical (unpaired) electrons. The lowest BCUT2D eigenvalue weighted by Crippen LogP contribution is -2.07. The fourth-order valence-electron chi connectivity index (χ4n) is 2.44. The van der Waals surface area contributed by atoms with E-state index in [1.54, 1.807) is 11.8 Å². The lowest BCUT2D eigenvalue weighted by Gasteiger charge is -2.07. The van der Waals surface area contributed by atoms with E-state index >= 15 is 0 Å². The predicted octanol–water partition coefficient (Wildman–Crippen LogP) is 2.61.